The van der Waals surface area contributed by atoms with Crippen LogP contribution in [0.25, 0.3) is 0 Å². The van der Waals surface area contributed by atoms with E-state index in [9.17, 15) is 9.59 Å². The Bertz CT molecular complexity index is 192. The van der Waals surface area contributed by atoms with Crippen molar-refractivity contribution in [2.45, 2.75) is 20.8 Å². The fourth-order valence-corrected chi connectivity index (χ4v) is 0.674. The second-order valence-electron chi connectivity index (χ2n) is 1.98. The zero-order valence-electron chi connectivity index (χ0n) is 7.01. The minimum Gasteiger partial charge on any atom is -0.462 e. The van der Waals surface area contributed by atoms with E-state index in [-0.39, 0.29) is 11.4 Å². The predicted octanol–water partition coefficient (Wildman–Crippen LogP) is 1.08. The van der Waals surface area contributed by atoms with Crippen molar-refractivity contribution in [1.82, 2.24) is 0 Å². The lowest BCUT2D eigenvalue weighted by atomic mass is 10.2. The van der Waals surface area contributed by atoms with Gasteiger partial charge in [-0.15, -0.1) is 0 Å². The van der Waals surface area contributed by atoms with Gasteiger partial charge in [0.1, 0.15) is 0 Å². The van der Waals surface area contributed by atoms with Crippen molar-refractivity contribution in [1.29, 1.82) is 0 Å². The lowest BCUT2D eigenvalue weighted by molar-refractivity contribution is -0.139. The molecule has 0 atom stereocenters. The van der Waals surface area contributed by atoms with Crippen molar-refractivity contribution in [3.63, 3.8) is 0 Å². The van der Waals surface area contributed by atoms with Gasteiger partial charge in [-0.3, -0.25) is 4.79 Å². The van der Waals surface area contributed by atoms with Gasteiger partial charge in [-0.25, -0.2) is 4.79 Å². The second kappa shape index (κ2) is 4.66. The Kier molecular flexibility index (Phi) is 4.18. The van der Waals surface area contributed by atoms with E-state index in [1.807, 2.05) is 0 Å². The number of hydrogen-bond acceptors (Lipinski definition) is 3. The fraction of sp³-hybridized carbons (Fsp3) is 0.500. The third-order valence-corrected chi connectivity index (χ3v) is 1.16. The van der Waals surface area contributed by atoms with Crippen LogP contribution < -0.4 is 0 Å². The average Bonchev–Trinajstić information content (AvgIpc) is 1.88. The summed E-state index contributed by atoms with van der Waals surface area (Å²) in [6.45, 7) is 4.97. The zero-order chi connectivity index (χ0) is 8.85. The Balaban J connectivity index is 4.29. The number of Topliss-reactive ketones (excluding diaryl/α,β-unsaturated/α-hetero) is 1. The van der Waals surface area contributed by atoms with Crippen LogP contribution in [0.4, 0.5) is 0 Å². The maximum absolute atomic E-state index is 10.9. The number of rotatable bonds is 3. The molecular formula is C8H12O3. The SMILES string of the molecule is C/C=C(\C(C)=O)C(=O)OCC. The van der Waals surface area contributed by atoms with Crippen LogP contribution in [-0.2, 0) is 14.3 Å². The van der Waals surface area contributed by atoms with Crippen LogP contribution in [0.2, 0.25) is 0 Å². The number of ketones is 1. The topological polar surface area (TPSA) is 43.4 Å². The first-order valence-electron chi connectivity index (χ1n) is 3.47. The monoisotopic (exact) mass is 156 g/mol. The Morgan fingerprint density at radius 2 is 2.00 bits per heavy atom. The Morgan fingerprint density at radius 3 is 2.27 bits per heavy atom. The van der Waals surface area contributed by atoms with E-state index in [1.165, 1.54) is 13.0 Å². The molecule has 62 valence electrons. The Morgan fingerprint density at radius 1 is 1.45 bits per heavy atom. The van der Waals surface area contributed by atoms with E-state index in [0.717, 1.165) is 0 Å². The van der Waals surface area contributed by atoms with Crippen LogP contribution in [0.15, 0.2) is 11.6 Å². The Hall–Kier alpha value is -1.12. The molecule has 0 aromatic carbocycles. The van der Waals surface area contributed by atoms with Crippen LogP contribution in [0.3, 0.4) is 0 Å². The van der Waals surface area contributed by atoms with Gasteiger partial charge in [0.2, 0.25) is 0 Å². The Labute approximate surface area is 66.0 Å². The minimum atomic E-state index is -0.539. The van der Waals surface area contributed by atoms with Crippen LogP contribution in [-0.4, -0.2) is 18.4 Å². The molecule has 0 N–H and O–H groups in total. The van der Waals surface area contributed by atoms with Crippen molar-refractivity contribution >= 4 is 11.8 Å². The maximum Gasteiger partial charge on any atom is 0.341 e. The molecule has 3 heteroatoms. The predicted molar refractivity (Wildman–Crippen MR) is 41.1 cm³/mol. The maximum atomic E-state index is 10.9. The fourth-order valence-electron chi connectivity index (χ4n) is 0.674. The van der Waals surface area contributed by atoms with Crippen molar-refractivity contribution in [2.75, 3.05) is 6.61 Å². The van der Waals surface area contributed by atoms with Crippen molar-refractivity contribution in [3.05, 3.63) is 11.6 Å². The first-order valence-corrected chi connectivity index (χ1v) is 3.47. The van der Waals surface area contributed by atoms with E-state index in [2.05, 4.69) is 4.74 Å². The van der Waals surface area contributed by atoms with Crippen LogP contribution in [0.1, 0.15) is 20.8 Å². The zero-order valence-corrected chi connectivity index (χ0v) is 7.01. The smallest absolute Gasteiger partial charge is 0.341 e. The molecule has 0 aromatic rings. The number of carbonyl (C=O) groups is 2. The molecule has 0 aliphatic carbocycles. The van der Waals surface area contributed by atoms with Crippen LogP contribution in [0, 0.1) is 0 Å². The number of carbonyl (C=O) groups excluding carboxylic acids is 2. The van der Waals surface area contributed by atoms with E-state index >= 15 is 0 Å². The molecule has 0 unspecified atom stereocenters. The van der Waals surface area contributed by atoms with E-state index in [0.29, 0.717) is 6.61 Å². The lowest BCUT2D eigenvalue weighted by Gasteiger charge is -2.01. The minimum absolute atomic E-state index is 0.117. The average molecular weight is 156 g/mol. The van der Waals surface area contributed by atoms with Crippen molar-refractivity contribution in [3.8, 4) is 0 Å². The molecule has 0 heterocycles. The summed E-state index contributed by atoms with van der Waals surface area (Å²) in [5.41, 5.74) is 0.117. The molecular weight excluding hydrogens is 144 g/mol. The van der Waals surface area contributed by atoms with Gasteiger partial charge in [0.05, 0.1) is 12.2 Å². The number of esters is 1. The highest BCUT2D eigenvalue weighted by Gasteiger charge is 2.13. The van der Waals surface area contributed by atoms with Crippen molar-refractivity contribution in [2.24, 2.45) is 0 Å². The van der Waals surface area contributed by atoms with Gasteiger partial charge in [0.25, 0.3) is 0 Å². The molecule has 0 radical (unpaired) electrons. The highest BCUT2D eigenvalue weighted by Crippen LogP contribution is 1.98. The number of ether oxygens (including phenoxy) is 1. The molecule has 0 aliphatic heterocycles. The molecule has 0 spiro atoms. The molecule has 3 nitrogen and oxygen atoms in total. The molecule has 0 aliphatic rings. The van der Waals surface area contributed by atoms with E-state index in [4.69, 9.17) is 0 Å². The van der Waals surface area contributed by atoms with Crippen LogP contribution >= 0.6 is 0 Å². The molecule has 0 saturated carbocycles. The summed E-state index contributed by atoms with van der Waals surface area (Å²) >= 11 is 0. The highest BCUT2D eigenvalue weighted by molar-refractivity contribution is 6.16. The highest BCUT2D eigenvalue weighted by atomic mass is 16.5. The molecule has 0 aromatic heterocycles. The summed E-state index contributed by atoms with van der Waals surface area (Å²) in [4.78, 5) is 21.6. The lowest BCUT2D eigenvalue weighted by Crippen LogP contribution is -2.13. The first kappa shape index (κ1) is 9.88. The molecule has 0 fully saturated rings. The summed E-state index contributed by atoms with van der Waals surface area (Å²) in [5.74, 6) is -0.798. The number of hydrogen-bond donors (Lipinski definition) is 0. The second-order valence-corrected chi connectivity index (χ2v) is 1.98. The molecule has 0 bridgehead atoms. The summed E-state index contributed by atoms with van der Waals surface area (Å²) in [7, 11) is 0. The molecule has 0 amide bonds. The largest absolute Gasteiger partial charge is 0.462 e. The molecule has 11 heavy (non-hydrogen) atoms. The summed E-state index contributed by atoms with van der Waals surface area (Å²) in [5, 5.41) is 0. The third-order valence-electron chi connectivity index (χ3n) is 1.16. The normalized spacial score (nSPS) is 11.0. The van der Waals surface area contributed by atoms with Crippen LogP contribution in [0.5, 0.6) is 0 Å². The van der Waals surface area contributed by atoms with E-state index < -0.39 is 5.97 Å². The number of allylic oxidation sites excluding steroid dienone is 1. The summed E-state index contributed by atoms with van der Waals surface area (Å²) in [6, 6.07) is 0. The standard InChI is InChI=1S/C8H12O3/c1-4-7(6(3)9)8(10)11-5-2/h4H,5H2,1-3H3/b7-4+. The van der Waals surface area contributed by atoms with Gasteiger partial charge in [-0.2, -0.15) is 0 Å². The van der Waals surface area contributed by atoms with Crippen molar-refractivity contribution < 1.29 is 14.3 Å². The van der Waals surface area contributed by atoms with Gasteiger partial charge in [-0.05, 0) is 20.8 Å². The molecule has 0 saturated heterocycles. The summed E-state index contributed by atoms with van der Waals surface area (Å²) in [6.07, 6.45) is 1.46. The van der Waals surface area contributed by atoms with Gasteiger partial charge >= 0.3 is 5.97 Å². The summed E-state index contributed by atoms with van der Waals surface area (Å²) < 4.78 is 4.63. The van der Waals surface area contributed by atoms with Gasteiger partial charge < -0.3 is 4.74 Å². The molecule has 0 rings (SSSR count). The third kappa shape index (κ3) is 2.98. The first-order chi connectivity index (χ1) is 5.13. The van der Waals surface area contributed by atoms with Gasteiger partial charge in [-0.1, -0.05) is 6.08 Å². The van der Waals surface area contributed by atoms with E-state index in [1.54, 1.807) is 13.8 Å². The van der Waals surface area contributed by atoms with Gasteiger partial charge in [0, 0.05) is 0 Å². The van der Waals surface area contributed by atoms with Gasteiger partial charge in [0.15, 0.2) is 5.78 Å². The quantitative estimate of drug-likeness (QED) is 0.266.